The van der Waals surface area contributed by atoms with Crippen molar-refractivity contribution in [3.8, 4) is 11.5 Å². The summed E-state index contributed by atoms with van der Waals surface area (Å²) >= 11 is 0. The average Bonchev–Trinajstić information content (AvgIpc) is 3.34. The third kappa shape index (κ3) is 3.47. The molecule has 0 saturated carbocycles. The fourth-order valence-electron chi connectivity index (χ4n) is 2.85. The summed E-state index contributed by atoms with van der Waals surface area (Å²) in [6.07, 6.45) is 2.63. The molecular weight excluding hydrogens is 334 g/mol. The molecular formula is C17H19N7O2. The lowest BCUT2D eigenvalue weighted by Crippen LogP contribution is -2.20. The maximum Gasteiger partial charge on any atom is 0.246 e. The molecule has 0 spiro atoms. The van der Waals surface area contributed by atoms with Crippen LogP contribution in [0.1, 0.15) is 23.9 Å². The quantitative estimate of drug-likeness (QED) is 0.730. The predicted molar refractivity (Wildman–Crippen MR) is 94.3 cm³/mol. The van der Waals surface area contributed by atoms with Crippen LogP contribution in [0.3, 0.4) is 0 Å². The molecule has 1 saturated heterocycles. The van der Waals surface area contributed by atoms with Crippen molar-refractivity contribution < 1.29 is 9.26 Å². The number of aromatic nitrogens is 5. The van der Waals surface area contributed by atoms with Crippen molar-refractivity contribution in [2.24, 2.45) is 0 Å². The largest absolute Gasteiger partial charge is 0.381 e. The van der Waals surface area contributed by atoms with E-state index in [9.17, 15) is 0 Å². The smallest absolute Gasteiger partial charge is 0.246 e. The Hall–Kier alpha value is -3.07. The molecule has 9 heteroatoms. The standard InChI is InChI=1S/C17H19N7O2/c1-24(9-15-22-16(23-26-15)12-4-2-3-6-19-12)14-8-13(20-17(18)21-14)11-5-7-25-10-11/h2-4,6,8,11H,5,7,9-10H2,1H3,(H2,18,20,21). The molecule has 1 unspecified atom stereocenters. The lowest BCUT2D eigenvalue weighted by molar-refractivity contribution is 0.193. The molecule has 3 aromatic rings. The number of ether oxygens (including phenoxy) is 1. The van der Waals surface area contributed by atoms with Gasteiger partial charge in [-0.2, -0.15) is 9.97 Å². The maximum absolute atomic E-state index is 5.89. The topological polar surface area (TPSA) is 116 Å². The van der Waals surface area contributed by atoms with Crippen LogP contribution >= 0.6 is 0 Å². The van der Waals surface area contributed by atoms with Crippen molar-refractivity contribution in [3.63, 3.8) is 0 Å². The molecule has 0 aliphatic carbocycles. The summed E-state index contributed by atoms with van der Waals surface area (Å²) in [6, 6.07) is 7.48. The van der Waals surface area contributed by atoms with Gasteiger partial charge in [-0.1, -0.05) is 11.2 Å². The van der Waals surface area contributed by atoms with Crippen LogP contribution in [0.4, 0.5) is 11.8 Å². The van der Waals surface area contributed by atoms with Crippen LogP contribution in [-0.4, -0.2) is 45.4 Å². The first kappa shape index (κ1) is 16.4. The van der Waals surface area contributed by atoms with Gasteiger partial charge < -0.3 is 19.9 Å². The van der Waals surface area contributed by atoms with E-state index in [0.29, 0.717) is 36.4 Å². The Morgan fingerprint density at radius 2 is 2.19 bits per heavy atom. The number of nitrogen functional groups attached to an aromatic ring is 1. The molecule has 4 heterocycles. The Morgan fingerprint density at radius 3 is 2.96 bits per heavy atom. The highest BCUT2D eigenvalue weighted by Gasteiger charge is 2.21. The highest BCUT2D eigenvalue weighted by molar-refractivity contribution is 5.47. The number of rotatable bonds is 5. The minimum absolute atomic E-state index is 0.246. The van der Waals surface area contributed by atoms with E-state index in [-0.39, 0.29) is 11.9 Å². The van der Waals surface area contributed by atoms with Crippen LogP contribution < -0.4 is 10.6 Å². The van der Waals surface area contributed by atoms with E-state index in [1.165, 1.54) is 0 Å². The zero-order chi connectivity index (χ0) is 17.9. The van der Waals surface area contributed by atoms with E-state index in [4.69, 9.17) is 15.0 Å². The van der Waals surface area contributed by atoms with Gasteiger partial charge in [-0.15, -0.1) is 0 Å². The van der Waals surface area contributed by atoms with Crippen molar-refractivity contribution in [1.82, 2.24) is 25.1 Å². The molecule has 0 aromatic carbocycles. The zero-order valence-electron chi connectivity index (χ0n) is 14.4. The van der Waals surface area contributed by atoms with Gasteiger partial charge in [0.05, 0.1) is 18.8 Å². The molecule has 0 bridgehead atoms. The van der Waals surface area contributed by atoms with Gasteiger partial charge in [0.1, 0.15) is 11.5 Å². The fraction of sp³-hybridized carbons (Fsp3) is 0.353. The van der Waals surface area contributed by atoms with E-state index in [2.05, 4.69) is 25.1 Å². The SMILES string of the molecule is CN(Cc1nc(-c2ccccn2)no1)c1cc(C2CCOC2)nc(N)n1. The monoisotopic (exact) mass is 353 g/mol. The molecule has 4 rings (SSSR count). The fourth-order valence-corrected chi connectivity index (χ4v) is 2.85. The number of hydrogen-bond acceptors (Lipinski definition) is 9. The summed E-state index contributed by atoms with van der Waals surface area (Å²) in [5.41, 5.74) is 7.46. The number of hydrogen-bond donors (Lipinski definition) is 1. The van der Waals surface area contributed by atoms with Gasteiger partial charge in [-0.05, 0) is 18.6 Å². The lowest BCUT2D eigenvalue weighted by Gasteiger charge is -2.18. The van der Waals surface area contributed by atoms with Crippen molar-refractivity contribution in [1.29, 1.82) is 0 Å². The predicted octanol–water partition coefficient (Wildman–Crippen LogP) is 1.64. The van der Waals surface area contributed by atoms with E-state index >= 15 is 0 Å². The number of anilines is 2. The third-order valence-electron chi connectivity index (χ3n) is 4.22. The summed E-state index contributed by atoms with van der Waals surface area (Å²) in [4.78, 5) is 19.2. The van der Waals surface area contributed by atoms with Gasteiger partial charge in [0.2, 0.25) is 17.7 Å². The Kier molecular flexibility index (Phi) is 4.44. The van der Waals surface area contributed by atoms with Crippen LogP contribution in [0.5, 0.6) is 0 Å². The minimum atomic E-state index is 0.246. The minimum Gasteiger partial charge on any atom is -0.381 e. The summed E-state index contributed by atoms with van der Waals surface area (Å²) in [5.74, 6) is 2.13. The Bertz CT molecular complexity index is 878. The second-order valence-corrected chi connectivity index (χ2v) is 6.15. The summed E-state index contributed by atoms with van der Waals surface area (Å²) in [7, 11) is 1.89. The van der Waals surface area contributed by atoms with Crippen LogP contribution in [0, 0.1) is 0 Å². The number of pyridine rings is 1. The molecule has 0 radical (unpaired) electrons. The molecule has 134 valence electrons. The van der Waals surface area contributed by atoms with Crippen molar-refractivity contribution >= 4 is 11.8 Å². The van der Waals surface area contributed by atoms with Gasteiger partial charge >= 0.3 is 0 Å². The van der Waals surface area contributed by atoms with Crippen LogP contribution in [0.2, 0.25) is 0 Å². The Labute approximate surface area is 150 Å². The number of nitrogens with two attached hydrogens (primary N) is 1. The average molecular weight is 353 g/mol. The first-order valence-corrected chi connectivity index (χ1v) is 8.36. The van der Waals surface area contributed by atoms with Crippen LogP contribution in [0.25, 0.3) is 11.5 Å². The molecule has 3 aromatic heterocycles. The third-order valence-corrected chi connectivity index (χ3v) is 4.22. The second-order valence-electron chi connectivity index (χ2n) is 6.15. The highest BCUT2D eigenvalue weighted by Crippen LogP contribution is 2.26. The van der Waals surface area contributed by atoms with Crippen molar-refractivity contribution in [2.45, 2.75) is 18.9 Å². The van der Waals surface area contributed by atoms with Gasteiger partial charge in [0.15, 0.2) is 0 Å². The summed E-state index contributed by atoms with van der Waals surface area (Å²) in [6.45, 7) is 1.81. The summed E-state index contributed by atoms with van der Waals surface area (Å²) < 4.78 is 10.8. The van der Waals surface area contributed by atoms with Crippen LogP contribution in [0.15, 0.2) is 35.0 Å². The molecule has 9 nitrogen and oxygen atoms in total. The first-order chi connectivity index (χ1) is 12.7. The molecule has 26 heavy (non-hydrogen) atoms. The molecule has 2 N–H and O–H groups in total. The molecule has 1 aliphatic rings. The van der Waals surface area contributed by atoms with Crippen LogP contribution in [-0.2, 0) is 11.3 Å². The van der Waals surface area contributed by atoms with Gasteiger partial charge in [-0.3, -0.25) is 4.98 Å². The van der Waals surface area contributed by atoms with E-state index < -0.39 is 0 Å². The van der Waals surface area contributed by atoms with Crippen molar-refractivity contribution in [2.75, 3.05) is 30.9 Å². The lowest BCUT2D eigenvalue weighted by atomic mass is 10.0. The van der Waals surface area contributed by atoms with E-state index in [1.807, 2.05) is 36.2 Å². The molecule has 1 aliphatic heterocycles. The molecule has 0 amide bonds. The molecule has 1 atom stereocenters. The van der Waals surface area contributed by atoms with Crippen molar-refractivity contribution in [3.05, 3.63) is 42.0 Å². The van der Waals surface area contributed by atoms with Gasteiger partial charge in [-0.25, -0.2) is 4.98 Å². The second kappa shape index (κ2) is 7.04. The number of nitrogens with zero attached hydrogens (tertiary/aromatic N) is 6. The zero-order valence-corrected chi connectivity index (χ0v) is 14.4. The summed E-state index contributed by atoms with van der Waals surface area (Å²) in [5, 5.41) is 3.98. The van der Waals surface area contributed by atoms with E-state index in [1.54, 1.807) is 6.20 Å². The first-order valence-electron chi connectivity index (χ1n) is 8.36. The highest BCUT2D eigenvalue weighted by atomic mass is 16.5. The van der Waals surface area contributed by atoms with Gasteiger partial charge in [0.25, 0.3) is 0 Å². The van der Waals surface area contributed by atoms with E-state index in [0.717, 1.165) is 18.7 Å². The Morgan fingerprint density at radius 1 is 1.27 bits per heavy atom. The normalized spacial score (nSPS) is 16.7. The maximum atomic E-state index is 5.89. The molecule has 1 fully saturated rings. The Balaban J connectivity index is 1.51. The van der Waals surface area contributed by atoms with Gasteiger partial charge in [0, 0.05) is 31.8 Å².